The average molecular weight is 291 g/mol. The first kappa shape index (κ1) is 16.4. The summed E-state index contributed by atoms with van der Waals surface area (Å²) in [5.74, 6) is 3.54. The smallest absolute Gasteiger partial charge is 0.129 e. The summed E-state index contributed by atoms with van der Waals surface area (Å²) in [4.78, 5) is 1.34. The Labute approximate surface area is 124 Å². The van der Waals surface area contributed by atoms with Gasteiger partial charge in [0.25, 0.3) is 0 Å². The minimum absolute atomic E-state index is 0.459. The molecule has 0 aromatic heterocycles. The predicted molar refractivity (Wildman–Crippen MR) is 91.4 cm³/mol. The first-order chi connectivity index (χ1) is 9.01. The van der Waals surface area contributed by atoms with Crippen molar-refractivity contribution in [3.8, 4) is 11.5 Å². The van der Waals surface area contributed by atoms with Crippen LogP contribution >= 0.6 is 11.8 Å². The van der Waals surface area contributed by atoms with Crippen LogP contribution in [-0.4, -0.2) is 13.3 Å². The van der Waals surface area contributed by atoms with E-state index in [1.165, 1.54) is 30.6 Å². The molecular weight excluding hydrogens is 264 g/mol. The summed E-state index contributed by atoms with van der Waals surface area (Å²) in [7, 11) is -1.26. The van der Waals surface area contributed by atoms with Crippen LogP contribution in [-0.2, 0) is 0 Å². The van der Waals surface area contributed by atoms with Gasteiger partial charge in [-0.15, -0.1) is 17.3 Å². The molecule has 0 amide bonds. The van der Waals surface area contributed by atoms with Crippen LogP contribution in [0.1, 0.15) is 32.6 Å². The van der Waals surface area contributed by atoms with E-state index in [0.717, 1.165) is 0 Å². The lowest BCUT2D eigenvalue weighted by molar-refractivity contribution is 0.685. The van der Waals surface area contributed by atoms with Gasteiger partial charge in [-0.25, -0.2) is 0 Å². The minimum Gasteiger partial charge on any atom is -0.131 e. The standard InChI is InChI=1S/C17H26SSi/c1-5-6-8-11-17(14-15-19(2,3)4)18-16-12-9-7-10-13-16/h7,9-10,12-13,17H,5-6,8,11H2,1-4H3. The van der Waals surface area contributed by atoms with Gasteiger partial charge in [-0.05, 0) is 18.6 Å². The molecule has 1 atom stereocenters. The zero-order valence-corrected chi connectivity index (χ0v) is 14.5. The quantitative estimate of drug-likeness (QED) is 0.284. The van der Waals surface area contributed by atoms with Gasteiger partial charge in [0.05, 0.1) is 5.25 Å². The summed E-state index contributed by atoms with van der Waals surface area (Å²) in [5, 5.41) is 0.459. The molecule has 1 aromatic carbocycles. The second-order valence-corrected chi connectivity index (χ2v) is 12.0. The Hall–Kier alpha value is -0.653. The van der Waals surface area contributed by atoms with E-state index in [-0.39, 0.29) is 0 Å². The molecule has 0 radical (unpaired) electrons. The molecule has 2 heteroatoms. The van der Waals surface area contributed by atoms with Gasteiger partial charge in [0, 0.05) is 4.90 Å². The third-order valence-corrected chi connectivity index (χ3v) is 4.78. The Balaban J connectivity index is 2.65. The van der Waals surface area contributed by atoms with Crippen molar-refractivity contribution in [1.29, 1.82) is 0 Å². The number of hydrogen-bond acceptors (Lipinski definition) is 1. The van der Waals surface area contributed by atoms with Crippen molar-refractivity contribution in [3.05, 3.63) is 30.3 Å². The van der Waals surface area contributed by atoms with Crippen LogP contribution in [0.2, 0.25) is 19.6 Å². The molecule has 0 saturated carbocycles. The number of hydrogen-bond donors (Lipinski definition) is 0. The maximum absolute atomic E-state index is 3.54. The highest BCUT2D eigenvalue weighted by Crippen LogP contribution is 2.26. The van der Waals surface area contributed by atoms with Crippen LogP contribution in [0.25, 0.3) is 0 Å². The van der Waals surface area contributed by atoms with Crippen LogP contribution in [0.5, 0.6) is 0 Å². The Morgan fingerprint density at radius 1 is 1.11 bits per heavy atom. The van der Waals surface area contributed by atoms with Gasteiger partial charge in [0.2, 0.25) is 0 Å². The van der Waals surface area contributed by atoms with Crippen molar-refractivity contribution in [1.82, 2.24) is 0 Å². The van der Waals surface area contributed by atoms with E-state index in [4.69, 9.17) is 0 Å². The first-order valence-corrected chi connectivity index (χ1v) is 11.6. The highest BCUT2D eigenvalue weighted by atomic mass is 32.2. The fourth-order valence-corrected chi connectivity index (χ4v) is 3.46. The summed E-state index contributed by atoms with van der Waals surface area (Å²) >= 11 is 1.93. The molecular formula is C17H26SSi. The lowest BCUT2D eigenvalue weighted by Gasteiger charge is -2.12. The van der Waals surface area contributed by atoms with E-state index in [1.807, 2.05) is 11.8 Å². The van der Waals surface area contributed by atoms with Gasteiger partial charge < -0.3 is 0 Å². The van der Waals surface area contributed by atoms with Crippen molar-refractivity contribution < 1.29 is 0 Å². The maximum atomic E-state index is 3.54. The summed E-state index contributed by atoms with van der Waals surface area (Å²) in [5.41, 5.74) is 3.54. The fraction of sp³-hybridized carbons (Fsp3) is 0.529. The number of thioether (sulfide) groups is 1. The highest BCUT2D eigenvalue weighted by molar-refractivity contribution is 8.00. The molecule has 0 saturated heterocycles. The third-order valence-electron chi connectivity index (χ3n) is 2.70. The Kier molecular flexibility index (Phi) is 7.34. The molecule has 0 bridgehead atoms. The molecule has 19 heavy (non-hydrogen) atoms. The zero-order chi connectivity index (χ0) is 14.1. The first-order valence-electron chi connectivity index (χ1n) is 7.25. The van der Waals surface area contributed by atoms with Gasteiger partial charge >= 0.3 is 0 Å². The SMILES string of the molecule is CCCCCC(C#C[Si](C)(C)C)Sc1ccccc1. The van der Waals surface area contributed by atoms with E-state index >= 15 is 0 Å². The van der Waals surface area contributed by atoms with Crippen molar-refractivity contribution in [2.45, 2.75) is 62.4 Å². The molecule has 0 spiro atoms. The highest BCUT2D eigenvalue weighted by Gasteiger charge is 2.11. The van der Waals surface area contributed by atoms with Gasteiger partial charge in [-0.2, -0.15) is 0 Å². The molecule has 1 rings (SSSR count). The van der Waals surface area contributed by atoms with Crippen molar-refractivity contribution in [3.63, 3.8) is 0 Å². The molecule has 0 fully saturated rings. The van der Waals surface area contributed by atoms with Crippen molar-refractivity contribution >= 4 is 19.8 Å². The largest absolute Gasteiger partial charge is 0.131 e. The number of benzene rings is 1. The summed E-state index contributed by atoms with van der Waals surface area (Å²) < 4.78 is 0. The van der Waals surface area contributed by atoms with Crippen LogP contribution in [0.4, 0.5) is 0 Å². The lowest BCUT2D eigenvalue weighted by atomic mass is 10.1. The summed E-state index contributed by atoms with van der Waals surface area (Å²) in [6.07, 6.45) is 5.11. The molecule has 1 aromatic rings. The predicted octanol–water partition coefficient (Wildman–Crippen LogP) is 5.61. The van der Waals surface area contributed by atoms with E-state index in [2.05, 4.69) is 68.4 Å². The van der Waals surface area contributed by atoms with E-state index in [0.29, 0.717) is 5.25 Å². The molecule has 1 unspecified atom stereocenters. The van der Waals surface area contributed by atoms with Crippen LogP contribution in [0.3, 0.4) is 0 Å². The second kappa shape index (κ2) is 8.50. The minimum atomic E-state index is -1.26. The van der Waals surface area contributed by atoms with Crippen LogP contribution in [0.15, 0.2) is 35.2 Å². The van der Waals surface area contributed by atoms with Crippen LogP contribution in [0, 0.1) is 11.5 Å². The Morgan fingerprint density at radius 3 is 2.37 bits per heavy atom. The molecule has 0 nitrogen and oxygen atoms in total. The summed E-state index contributed by atoms with van der Waals surface area (Å²) in [6.45, 7) is 9.20. The summed E-state index contributed by atoms with van der Waals surface area (Å²) in [6, 6.07) is 10.7. The van der Waals surface area contributed by atoms with E-state index in [1.54, 1.807) is 0 Å². The third kappa shape index (κ3) is 8.18. The van der Waals surface area contributed by atoms with Gasteiger partial charge in [-0.3, -0.25) is 0 Å². The fourth-order valence-electron chi connectivity index (χ4n) is 1.70. The lowest BCUT2D eigenvalue weighted by Crippen LogP contribution is -2.17. The molecule has 0 aliphatic carbocycles. The number of unbranched alkanes of at least 4 members (excludes halogenated alkanes) is 2. The van der Waals surface area contributed by atoms with E-state index < -0.39 is 8.07 Å². The maximum Gasteiger partial charge on any atom is 0.129 e. The molecule has 0 N–H and O–H groups in total. The topological polar surface area (TPSA) is 0 Å². The normalized spacial score (nSPS) is 12.6. The monoisotopic (exact) mass is 290 g/mol. The molecule has 0 aliphatic rings. The number of rotatable bonds is 6. The zero-order valence-electron chi connectivity index (χ0n) is 12.7. The Morgan fingerprint density at radius 2 is 1.79 bits per heavy atom. The van der Waals surface area contributed by atoms with E-state index in [9.17, 15) is 0 Å². The average Bonchev–Trinajstić information content (AvgIpc) is 2.36. The van der Waals surface area contributed by atoms with Gasteiger partial charge in [0.15, 0.2) is 0 Å². The van der Waals surface area contributed by atoms with Crippen molar-refractivity contribution in [2.75, 3.05) is 0 Å². The molecule has 0 heterocycles. The Bertz CT molecular complexity index is 408. The van der Waals surface area contributed by atoms with Gasteiger partial charge in [0.1, 0.15) is 8.07 Å². The van der Waals surface area contributed by atoms with Crippen LogP contribution < -0.4 is 0 Å². The molecule has 104 valence electrons. The van der Waals surface area contributed by atoms with Gasteiger partial charge in [-0.1, -0.05) is 69.9 Å². The second-order valence-electron chi connectivity index (χ2n) is 5.93. The van der Waals surface area contributed by atoms with Crippen molar-refractivity contribution in [2.24, 2.45) is 0 Å². The molecule has 0 aliphatic heterocycles.